The Morgan fingerprint density at radius 3 is 2.41 bits per heavy atom. The number of anilines is 1. The number of nitrogens with one attached hydrogen (secondary N) is 1. The van der Waals surface area contributed by atoms with Crippen LogP contribution in [0, 0.1) is 0 Å². The maximum absolute atomic E-state index is 12.5. The van der Waals surface area contributed by atoms with Crippen LogP contribution in [-0.4, -0.2) is 5.91 Å². The second-order valence-electron chi connectivity index (χ2n) is 4.70. The van der Waals surface area contributed by atoms with Crippen molar-refractivity contribution in [1.29, 1.82) is 0 Å². The first-order valence-corrected chi connectivity index (χ1v) is 6.39. The molecular formula is C16H10F3NO2. The van der Waals surface area contributed by atoms with E-state index in [1.54, 1.807) is 24.3 Å². The molecule has 0 radical (unpaired) electrons. The Hall–Kier alpha value is -2.76. The van der Waals surface area contributed by atoms with Crippen molar-refractivity contribution in [3.63, 3.8) is 0 Å². The van der Waals surface area contributed by atoms with Crippen molar-refractivity contribution >= 4 is 22.6 Å². The SMILES string of the molecule is O=C(Nc1ccc2occc2c1)c1ccc(C(F)(F)F)cc1. The maximum Gasteiger partial charge on any atom is 0.416 e. The van der Waals surface area contributed by atoms with E-state index in [9.17, 15) is 18.0 Å². The fourth-order valence-electron chi connectivity index (χ4n) is 2.06. The largest absolute Gasteiger partial charge is 0.464 e. The number of carbonyl (C=O) groups is 1. The number of amides is 1. The van der Waals surface area contributed by atoms with Gasteiger partial charge in [0.1, 0.15) is 5.58 Å². The summed E-state index contributed by atoms with van der Waals surface area (Å²) in [5.41, 5.74) is 0.593. The van der Waals surface area contributed by atoms with Gasteiger partial charge in [0.05, 0.1) is 11.8 Å². The molecule has 0 atom stereocenters. The number of fused-ring (bicyclic) bond motifs is 1. The molecule has 2 aromatic carbocycles. The third-order valence-corrected chi connectivity index (χ3v) is 3.18. The van der Waals surface area contributed by atoms with E-state index in [-0.39, 0.29) is 5.56 Å². The summed E-state index contributed by atoms with van der Waals surface area (Å²) in [5, 5.41) is 3.46. The molecule has 0 unspecified atom stereocenters. The summed E-state index contributed by atoms with van der Waals surface area (Å²) in [6.45, 7) is 0. The number of furan rings is 1. The first-order valence-electron chi connectivity index (χ1n) is 6.39. The van der Waals surface area contributed by atoms with Crippen LogP contribution in [0.15, 0.2) is 59.2 Å². The number of hydrogen-bond donors (Lipinski definition) is 1. The molecule has 1 aromatic heterocycles. The van der Waals surface area contributed by atoms with Gasteiger partial charge in [-0.2, -0.15) is 13.2 Å². The van der Waals surface area contributed by atoms with E-state index in [4.69, 9.17) is 4.42 Å². The van der Waals surface area contributed by atoms with E-state index < -0.39 is 17.6 Å². The lowest BCUT2D eigenvalue weighted by atomic mass is 10.1. The highest BCUT2D eigenvalue weighted by Gasteiger charge is 2.30. The third-order valence-electron chi connectivity index (χ3n) is 3.18. The van der Waals surface area contributed by atoms with Gasteiger partial charge in [0, 0.05) is 16.6 Å². The second-order valence-corrected chi connectivity index (χ2v) is 4.70. The van der Waals surface area contributed by atoms with Crippen LogP contribution in [0.5, 0.6) is 0 Å². The molecule has 112 valence electrons. The average Bonchev–Trinajstić information content (AvgIpc) is 2.94. The number of halogens is 3. The Bertz CT molecular complexity index is 819. The molecule has 0 fully saturated rings. The molecule has 1 N–H and O–H groups in total. The van der Waals surface area contributed by atoms with Crippen molar-refractivity contribution in [2.75, 3.05) is 5.32 Å². The molecule has 0 bridgehead atoms. The lowest BCUT2D eigenvalue weighted by Gasteiger charge is -2.08. The highest BCUT2D eigenvalue weighted by Crippen LogP contribution is 2.29. The zero-order valence-electron chi connectivity index (χ0n) is 11.1. The van der Waals surface area contributed by atoms with E-state index in [1.807, 2.05) is 0 Å². The maximum atomic E-state index is 12.5. The van der Waals surface area contributed by atoms with Crippen LogP contribution in [0.1, 0.15) is 15.9 Å². The second kappa shape index (κ2) is 5.22. The van der Waals surface area contributed by atoms with Crippen molar-refractivity contribution in [3.05, 3.63) is 65.9 Å². The molecule has 1 heterocycles. The smallest absolute Gasteiger partial charge is 0.416 e. The van der Waals surface area contributed by atoms with Crippen LogP contribution < -0.4 is 5.32 Å². The van der Waals surface area contributed by atoms with Gasteiger partial charge in [-0.1, -0.05) is 0 Å². The molecule has 6 heteroatoms. The summed E-state index contributed by atoms with van der Waals surface area (Å²) in [5.74, 6) is -0.475. The Kier molecular flexibility index (Phi) is 3.36. The van der Waals surface area contributed by atoms with Crippen LogP contribution >= 0.6 is 0 Å². The minimum absolute atomic E-state index is 0.153. The van der Waals surface area contributed by atoms with Gasteiger partial charge in [-0.15, -0.1) is 0 Å². The fraction of sp³-hybridized carbons (Fsp3) is 0.0625. The van der Waals surface area contributed by atoms with Crippen LogP contribution in [-0.2, 0) is 6.18 Å². The van der Waals surface area contributed by atoms with Gasteiger partial charge in [-0.25, -0.2) is 0 Å². The molecule has 0 aliphatic carbocycles. The monoisotopic (exact) mass is 305 g/mol. The molecule has 1 amide bonds. The van der Waals surface area contributed by atoms with E-state index in [1.165, 1.54) is 6.26 Å². The highest BCUT2D eigenvalue weighted by atomic mass is 19.4. The van der Waals surface area contributed by atoms with Crippen molar-refractivity contribution in [3.8, 4) is 0 Å². The number of alkyl halides is 3. The molecule has 22 heavy (non-hydrogen) atoms. The Labute approximate surface area is 123 Å². The van der Waals surface area contributed by atoms with Crippen LogP contribution in [0.25, 0.3) is 11.0 Å². The summed E-state index contributed by atoms with van der Waals surface area (Å²) < 4.78 is 42.6. The number of carbonyl (C=O) groups excluding carboxylic acids is 1. The molecule has 0 aliphatic rings. The van der Waals surface area contributed by atoms with Gasteiger partial charge in [0.15, 0.2) is 0 Å². The summed E-state index contributed by atoms with van der Waals surface area (Å²) in [4.78, 5) is 12.0. The van der Waals surface area contributed by atoms with Gasteiger partial charge >= 0.3 is 6.18 Å². The Balaban J connectivity index is 1.78. The lowest BCUT2D eigenvalue weighted by molar-refractivity contribution is -0.137. The molecule has 0 spiro atoms. The average molecular weight is 305 g/mol. The Morgan fingerprint density at radius 2 is 1.73 bits per heavy atom. The van der Waals surface area contributed by atoms with Gasteiger partial charge < -0.3 is 9.73 Å². The summed E-state index contributed by atoms with van der Waals surface area (Å²) >= 11 is 0. The normalized spacial score (nSPS) is 11.6. The van der Waals surface area contributed by atoms with Gasteiger partial charge in [0.2, 0.25) is 0 Å². The predicted octanol–water partition coefficient (Wildman–Crippen LogP) is 4.70. The van der Waals surface area contributed by atoms with E-state index in [0.717, 1.165) is 29.7 Å². The van der Waals surface area contributed by atoms with Crippen LogP contribution in [0.3, 0.4) is 0 Å². The first-order chi connectivity index (χ1) is 10.4. The summed E-state index contributed by atoms with van der Waals surface area (Å²) in [7, 11) is 0. The molecule has 0 saturated heterocycles. The van der Waals surface area contributed by atoms with Gasteiger partial charge in [0.25, 0.3) is 5.91 Å². The summed E-state index contributed by atoms with van der Waals surface area (Å²) in [6.07, 6.45) is -2.88. The van der Waals surface area contributed by atoms with Gasteiger partial charge in [-0.05, 0) is 48.5 Å². The fourth-order valence-corrected chi connectivity index (χ4v) is 2.06. The van der Waals surface area contributed by atoms with Crippen molar-refractivity contribution in [1.82, 2.24) is 0 Å². The number of rotatable bonds is 2. The van der Waals surface area contributed by atoms with Crippen LogP contribution in [0.4, 0.5) is 18.9 Å². The quantitative estimate of drug-likeness (QED) is 0.745. The standard InChI is InChI=1S/C16H10F3NO2/c17-16(18,19)12-3-1-10(2-4-12)15(21)20-13-5-6-14-11(9-13)7-8-22-14/h1-9H,(H,20,21). The molecular weight excluding hydrogens is 295 g/mol. The lowest BCUT2D eigenvalue weighted by Crippen LogP contribution is -2.12. The highest BCUT2D eigenvalue weighted by molar-refractivity contribution is 6.05. The summed E-state index contributed by atoms with van der Waals surface area (Å²) in [6, 6.07) is 10.9. The van der Waals surface area contributed by atoms with Crippen molar-refractivity contribution < 1.29 is 22.4 Å². The van der Waals surface area contributed by atoms with Crippen molar-refractivity contribution in [2.45, 2.75) is 6.18 Å². The molecule has 3 rings (SSSR count). The topological polar surface area (TPSA) is 42.2 Å². The number of hydrogen-bond acceptors (Lipinski definition) is 2. The van der Waals surface area contributed by atoms with E-state index >= 15 is 0 Å². The molecule has 0 aliphatic heterocycles. The molecule has 3 aromatic rings. The first kappa shape index (κ1) is 14.2. The van der Waals surface area contributed by atoms with Crippen LogP contribution in [0.2, 0.25) is 0 Å². The number of benzene rings is 2. The minimum atomic E-state index is -4.42. The van der Waals surface area contributed by atoms with Crippen molar-refractivity contribution in [2.24, 2.45) is 0 Å². The minimum Gasteiger partial charge on any atom is -0.464 e. The van der Waals surface area contributed by atoms with E-state index in [2.05, 4.69) is 5.32 Å². The zero-order chi connectivity index (χ0) is 15.7. The molecule has 0 saturated carbocycles. The predicted molar refractivity (Wildman–Crippen MR) is 75.6 cm³/mol. The zero-order valence-corrected chi connectivity index (χ0v) is 11.1. The Morgan fingerprint density at radius 1 is 1.00 bits per heavy atom. The van der Waals surface area contributed by atoms with Gasteiger partial charge in [-0.3, -0.25) is 4.79 Å². The molecule has 3 nitrogen and oxygen atoms in total. The third kappa shape index (κ3) is 2.81. The van der Waals surface area contributed by atoms with E-state index in [0.29, 0.717) is 11.3 Å².